The van der Waals surface area contributed by atoms with Crippen molar-refractivity contribution in [3.8, 4) is 0 Å². The Labute approximate surface area is 125 Å². The van der Waals surface area contributed by atoms with Crippen molar-refractivity contribution in [2.75, 3.05) is 5.75 Å². The monoisotopic (exact) mass is 346 g/mol. The molecule has 22 heavy (non-hydrogen) atoms. The molecular weight excluding hydrogens is 336 g/mol. The molecule has 1 aromatic carbocycles. The van der Waals surface area contributed by atoms with Crippen LogP contribution in [-0.4, -0.2) is 37.6 Å². The third-order valence-corrected chi connectivity index (χ3v) is 4.41. The molecule has 1 aromatic rings. The fraction of sp³-hybridized carbons (Fsp3) is 0.182. The van der Waals surface area contributed by atoms with Gasteiger partial charge < -0.3 is 0 Å². The van der Waals surface area contributed by atoms with Gasteiger partial charge in [-0.1, -0.05) is 12.1 Å². The summed E-state index contributed by atoms with van der Waals surface area (Å²) in [7, 11) is -8.60. The molecule has 0 aliphatic carbocycles. The van der Waals surface area contributed by atoms with Crippen molar-refractivity contribution in [3.63, 3.8) is 0 Å². The second-order valence-corrected chi connectivity index (χ2v) is 7.36. The number of amides is 1. The van der Waals surface area contributed by atoms with Gasteiger partial charge in [0.25, 0.3) is 26.1 Å². The molecule has 0 saturated carbocycles. The highest BCUT2D eigenvalue weighted by Crippen LogP contribution is 2.29. The Morgan fingerprint density at radius 2 is 1.55 bits per heavy atom. The molecule has 118 valence electrons. The number of nitrogens with zero attached hydrogens (tertiary/aromatic N) is 2. The van der Waals surface area contributed by atoms with Crippen molar-refractivity contribution >= 4 is 31.8 Å². The number of carbonyl (C=O) groups is 1. The summed E-state index contributed by atoms with van der Waals surface area (Å²) < 4.78 is 61.0. The first-order valence-electron chi connectivity index (χ1n) is 5.80. The molecule has 0 spiro atoms. The minimum absolute atomic E-state index is 0.00256. The first-order chi connectivity index (χ1) is 10.1. The van der Waals surface area contributed by atoms with E-state index in [9.17, 15) is 21.6 Å². The molecule has 1 aliphatic heterocycles. The summed E-state index contributed by atoms with van der Waals surface area (Å²) in [5.41, 5.74) is 0.417. The fourth-order valence-corrected chi connectivity index (χ4v) is 2.73. The fourth-order valence-electron chi connectivity index (χ4n) is 1.79. The van der Waals surface area contributed by atoms with E-state index in [1.807, 2.05) is 0 Å². The van der Waals surface area contributed by atoms with Crippen molar-refractivity contribution in [2.24, 2.45) is 10.2 Å². The van der Waals surface area contributed by atoms with Crippen molar-refractivity contribution in [3.05, 3.63) is 35.4 Å². The Hall–Kier alpha value is -1.95. The maximum atomic E-state index is 11.6. The number of hydrogen-bond acceptors (Lipinski definition) is 6. The molecule has 1 amide bonds. The van der Waals surface area contributed by atoms with Gasteiger partial charge in [-0.3, -0.25) is 13.9 Å². The van der Waals surface area contributed by atoms with Crippen LogP contribution in [0.3, 0.4) is 0 Å². The summed E-state index contributed by atoms with van der Waals surface area (Å²) in [5, 5.41) is 6.94. The molecule has 9 nitrogen and oxygen atoms in total. The lowest BCUT2D eigenvalue weighted by Gasteiger charge is -2.04. The molecule has 0 atom stereocenters. The predicted molar refractivity (Wildman–Crippen MR) is 74.1 cm³/mol. The number of hydrogen-bond donors (Lipinski definition) is 2. The van der Waals surface area contributed by atoms with Crippen molar-refractivity contribution < 1.29 is 30.7 Å². The summed E-state index contributed by atoms with van der Waals surface area (Å²) in [5.74, 6) is -1.39. The quantitative estimate of drug-likeness (QED) is 0.752. The van der Waals surface area contributed by atoms with Gasteiger partial charge in [0.15, 0.2) is 0 Å². The van der Waals surface area contributed by atoms with E-state index in [0.29, 0.717) is 5.56 Å². The van der Waals surface area contributed by atoms with E-state index < -0.39 is 31.9 Å². The average Bonchev–Trinajstić information content (AvgIpc) is 2.76. The van der Waals surface area contributed by atoms with Gasteiger partial charge in [-0.25, -0.2) is 0 Å². The molecule has 0 bridgehead atoms. The Morgan fingerprint density at radius 3 is 2.05 bits per heavy atom. The highest BCUT2D eigenvalue weighted by atomic mass is 32.2. The molecule has 1 aliphatic rings. The van der Waals surface area contributed by atoms with Crippen LogP contribution >= 0.6 is 0 Å². The van der Waals surface area contributed by atoms with Crippen LogP contribution in [0.25, 0.3) is 5.70 Å². The molecular formula is C11H10N2O7S2. The van der Waals surface area contributed by atoms with E-state index in [1.165, 1.54) is 12.1 Å². The van der Waals surface area contributed by atoms with Crippen LogP contribution in [-0.2, 0) is 25.0 Å². The van der Waals surface area contributed by atoms with Crippen LogP contribution < -0.4 is 0 Å². The maximum absolute atomic E-state index is 11.6. The number of carbonyl (C=O) groups excluding carboxylic acids is 1. The van der Waals surface area contributed by atoms with Gasteiger partial charge in [-0.05, 0) is 18.6 Å². The highest BCUT2D eigenvalue weighted by Gasteiger charge is 2.24. The van der Waals surface area contributed by atoms with E-state index in [0.717, 1.165) is 12.1 Å². The highest BCUT2D eigenvalue weighted by molar-refractivity contribution is 7.86. The molecule has 0 radical (unpaired) electrons. The Balaban J connectivity index is 2.37. The summed E-state index contributed by atoms with van der Waals surface area (Å²) in [6.07, 6.45) is -0.278. The smallest absolute Gasteiger partial charge is 0.286 e. The molecule has 0 aromatic heterocycles. The number of azo groups is 1. The van der Waals surface area contributed by atoms with Gasteiger partial charge in [0.05, 0.1) is 16.2 Å². The maximum Gasteiger partial charge on any atom is 0.294 e. The SMILES string of the molecule is O=C1N=NC(c2ccc(S(=O)(=O)O)cc2)=C1CCS(=O)(=O)O. The lowest BCUT2D eigenvalue weighted by atomic mass is 10.1. The molecule has 1 heterocycles. The van der Waals surface area contributed by atoms with E-state index in [4.69, 9.17) is 9.11 Å². The van der Waals surface area contributed by atoms with Gasteiger partial charge >= 0.3 is 0 Å². The standard InChI is InChI=1S/C11H10N2O7S2/c14-11-9(5-6-21(15,16)17)10(12-13-11)7-1-3-8(4-2-7)22(18,19)20/h1-4H,5-6H2,(H,15,16,17)(H,18,19,20). The molecule has 0 fully saturated rings. The van der Waals surface area contributed by atoms with Crippen molar-refractivity contribution in [1.82, 2.24) is 0 Å². The molecule has 2 N–H and O–H groups in total. The predicted octanol–water partition coefficient (Wildman–Crippen LogP) is 0.915. The van der Waals surface area contributed by atoms with Gasteiger partial charge in [0.2, 0.25) is 0 Å². The molecule has 0 saturated heterocycles. The topological polar surface area (TPSA) is 151 Å². The zero-order valence-electron chi connectivity index (χ0n) is 10.9. The van der Waals surface area contributed by atoms with Crippen LogP contribution in [0.5, 0.6) is 0 Å². The Kier molecular flexibility index (Phi) is 4.24. The zero-order valence-corrected chi connectivity index (χ0v) is 12.5. The Morgan fingerprint density at radius 1 is 0.955 bits per heavy atom. The Bertz CT molecular complexity index is 881. The van der Waals surface area contributed by atoms with E-state index in [1.54, 1.807) is 0 Å². The molecule has 11 heteroatoms. The summed E-state index contributed by atoms with van der Waals surface area (Å²) in [4.78, 5) is 11.2. The zero-order chi connectivity index (χ0) is 16.5. The van der Waals surface area contributed by atoms with E-state index >= 15 is 0 Å². The summed E-state index contributed by atoms with van der Waals surface area (Å²) in [6.45, 7) is 0. The first-order valence-corrected chi connectivity index (χ1v) is 8.85. The van der Waals surface area contributed by atoms with Gasteiger partial charge in [-0.15, -0.1) is 10.2 Å². The first kappa shape index (κ1) is 16.4. The molecule has 2 rings (SSSR count). The van der Waals surface area contributed by atoms with Crippen molar-refractivity contribution in [2.45, 2.75) is 11.3 Å². The van der Waals surface area contributed by atoms with E-state index in [2.05, 4.69) is 10.2 Å². The average molecular weight is 346 g/mol. The third-order valence-electron chi connectivity index (χ3n) is 2.82. The van der Waals surface area contributed by atoms with Crippen LogP contribution in [0, 0.1) is 0 Å². The van der Waals surface area contributed by atoms with Crippen LogP contribution in [0.2, 0.25) is 0 Å². The van der Waals surface area contributed by atoms with Gasteiger partial charge in [0, 0.05) is 5.56 Å². The number of rotatable bonds is 5. The van der Waals surface area contributed by atoms with Crippen LogP contribution in [0.1, 0.15) is 12.0 Å². The van der Waals surface area contributed by atoms with Crippen LogP contribution in [0.15, 0.2) is 45.0 Å². The largest absolute Gasteiger partial charge is 0.294 e. The second kappa shape index (κ2) is 5.68. The summed E-state index contributed by atoms with van der Waals surface area (Å²) >= 11 is 0. The van der Waals surface area contributed by atoms with E-state index in [-0.39, 0.29) is 22.6 Å². The van der Waals surface area contributed by atoms with Gasteiger partial charge in [-0.2, -0.15) is 16.8 Å². The van der Waals surface area contributed by atoms with Gasteiger partial charge in [0.1, 0.15) is 5.70 Å². The lowest BCUT2D eigenvalue weighted by molar-refractivity contribution is -0.114. The lowest BCUT2D eigenvalue weighted by Crippen LogP contribution is -2.08. The number of benzene rings is 1. The van der Waals surface area contributed by atoms with Crippen molar-refractivity contribution in [1.29, 1.82) is 0 Å². The normalized spacial score (nSPS) is 15.6. The third kappa shape index (κ3) is 3.82. The minimum Gasteiger partial charge on any atom is -0.286 e. The summed E-state index contributed by atoms with van der Waals surface area (Å²) in [6, 6.07) is 4.81. The van der Waals surface area contributed by atoms with Crippen LogP contribution in [0.4, 0.5) is 0 Å². The minimum atomic E-state index is -4.35. The second-order valence-electron chi connectivity index (χ2n) is 4.37. The molecule has 0 unspecified atom stereocenters.